The third-order valence-electron chi connectivity index (χ3n) is 7.35. The zero-order valence-electron chi connectivity index (χ0n) is 24.5. The second-order valence-electron chi connectivity index (χ2n) is 12.1. The molecule has 1 aliphatic heterocycles. The van der Waals surface area contributed by atoms with Gasteiger partial charge in [-0.3, -0.25) is 23.9 Å². The molecule has 4 N–H and O–H groups in total. The average Bonchev–Trinajstić information content (AvgIpc) is 3.82. The summed E-state index contributed by atoms with van der Waals surface area (Å²) < 4.78 is 31.5. The minimum absolute atomic E-state index is 0.112. The van der Waals surface area contributed by atoms with Crippen LogP contribution in [0, 0.1) is 11.8 Å². The Balaban J connectivity index is 1.56. The number of hydrogen-bond acceptors (Lipinski definition) is 8. The topological polar surface area (TPSA) is 185 Å². The third kappa shape index (κ3) is 9.57. The third-order valence-corrected chi connectivity index (χ3v) is 9.19. The van der Waals surface area contributed by atoms with Gasteiger partial charge in [0.05, 0.1) is 5.25 Å². The molecule has 0 aromatic carbocycles. The summed E-state index contributed by atoms with van der Waals surface area (Å²) in [6, 6.07) is -1.74. The highest BCUT2D eigenvalue weighted by atomic mass is 32.2. The van der Waals surface area contributed by atoms with Crippen molar-refractivity contribution in [1.82, 2.24) is 19.8 Å². The van der Waals surface area contributed by atoms with Gasteiger partial charge in [-0.05, 0) is 77.7 Å². The second kappa shape index (κ2) is 13.7. The summed E-state index contributed by atoms with van der Waals surface area (Å²) in [6.07, 6.45) is 7.19. The second-order valence-corrected chi connectivity index (χ2v) is 14.0. The Labute approximate surface area is 247 Å². The van der Waals surface area contributed by atoms with Crippen LogP contribution in [0.25, 0.3) is 0 Å². The molecule has 0 aromatic heterocycles. The predicted octanol–water partition coefficient (Wildman–Crippen LogP) is 0.952. The highest BCUT2D eigenvalue weighted by Gasteiger charge is 2.45. The lowest BCUT2D eigenvalue weighted by atomic mass is 10.1. The van der Waals surface area contributed by atoms with E-state index in [2.05, 4.69) is 16.6 Å². The van der Waals surface area contributed by atoms with Crippen molar-refractivity contribution in [3.05, 3.63) is 24.8 Å². The number of allylic oxidation sites excluding steroid dienone is 1. The van der Waals surface area contributed by atoms with Crippen LogP contribution >= 0.6 is 0 Å². The Kier molecular flexibility index (Phi) is 10.8. The summed E-state index contributed by atoms with van der Waals surface area (Å²) in [7, 11) is -3.59. The first-order chi connectivity index (χ1) is 19.6. The van der Waals surface area contributed by atoms with E-state index in [0.29, 0.717) is 45.1 Å². The molecule has 13 nitrogen and oxygen atoms in total. The van der Waals surface area contributed by atoms with Crippen molar-refractivity contribution in [2.45, 2.75) is 88.7 Å². The Morgan fingerprint density at radius 3 is 2.45 bits per heavy atom. The number of amides is 5. The lowest BCUT2D eigenvalue weighted by Crippen LogP contribution is -2.53. The van der Waals surface area contributed by atoms with Gasteiger partial charge in [-0.1, -0.05) is 18.7 Å². The predicted molar refractivity (Wildman–Crippen MR) is 154 cm³/mol. The van der Waals surface area contributed by atoms with Crippen LogP contribution in [-0.4, -0.2) is 90.5 Å². The fourth-order valence-electron chi connectivity index (χ4n) is 4.91. The number of alkyl carbamates (subject to hydrolysis) is 1. The van der Waals surface area contributed by atoms with Crippen molar-refractivity contribution < 1.29 is 37.1 Å². The van der Waals surface area contributed by atoms with E-state index in [1.165, 1.54) is 15.9 Å². The van der Waals surface area contributed by atoms with Gasteiger partial charge in [0.25, 0.3) is 0 Å². The first-order valence-corrected chi connectivity index (χ1v) is 15.9. The molecule has 1 heterocycles. The zero-order chi connectivity index (χ0) is 31.2. The molecule has 42 heavy (non-hydrogen) atoms. The SMILES string of the molecule is C=CC(=O)N(C/C=C\[C@@H]1C[C@@H]1C(=O)NS(=O)(=O)C1CC1)CCC[C@H](NC(=O)OC(C)(C)C)C(=O)N1CCCC1C(N)=O. The van der Waals surface area contributed by atoms with Gasteiger partial charge in [0.1, 0.15) is 17.7 Å². The minimum Gasteiger partial charge on any atom is -0.444 e. The van der Waals surface area contributed by atoms with E-state index in [-0.39, 0.29) is 31.3 Å². The number of carbonyl (C=O) groups is 5. The van der Waals surface area contributed by atoms with Crippen LogP contribution in [0.2, 0.25) is 0 Å². The van der Waals surface area contributed by atoms with Gasteiger partial charge < -0.3 is 25.6 Å². The molecule has 4 atom stereocenters. The molecule has 3 aliphatic rings. The number of sulfonamides is 1. The van der Waals surface area contributed by atoms with Crippen LogP contribution in [0.5, 0.6) is 0 Å². The number of hydrogen-bond donors (Lipinski definition) is 3. The summed E-state index contributed by atoms with van der Waals surface area (Å²) in [5, 5.41) is 2.14. The number of ether oxygens (including phenoxy) is 1. The van der Waals surface area contributed by atoms with Crippen molar-refractivity contribution in [2.75, 3.05) is 19.6 Å². The van der Waals surface area contributed by atoms with Crippen molar-refractivity contribution in [1.29, 1.82) is 0 Å². The van der Waals surface area contributed by atoms with Gasteiger partial charge in [-0.25, -0.2) is 13.2 Å². The Morgan fingerprint density at radius 1 is 1.17 bits per heavy atom. The first kappa shape index (κ1) is 33.1. The molecule has 3 fully saturated rings. The summed E-state index contributed by atoms with van der Waals surface area (Å²) in [5.41, 5.74) is 4.70. The molecule has 0 aromatic rings. The van der Waals surface area contributed by atoms with Gasteiger partial charge in [0, 0.05) is 25.6 Å². The number of rotatable bonds is 14. The molecule has 3 rings (SSSR count). The van der Waals surface area contributed by atoms with Gasteiger partial charge in [-0.2, -0.15) is 0 Å². The molecule has 14 heteroatoms. The van der Waals surface area contributed by atoms with Gasteiger partial charge in [0.2, 0.25) is 33.7 Å². The van der Waals surface area contributed by atoms with Crippen molar-refractivity contribution in [3.63, 3.8) is 0 Å². The normalized spacial score (nSPS) is 22.7. The molecule has 234 valence electrons. The lowest BCUT2D eigenvalue weighted by molar-refractivity contribution is -0.139. The molecular formula is C28H43N5O8S. The summed E-state index contributed by atoms with van der Waals surface area (Å²) >= 11 is 0. The van der Waals surface area contributed by atoms with Crippen LogP contribution in [0.1, 0.15) is 65.7 Å². The Morgan fingerprint density at radius 2 is 1.86 bits per heavy atom. The standard InChI is InChI=1S/C28H43N5O8S/c1-5-23(34)32(14-6-9-18-17-20(18)25(36)31-42(39,40)19-12-13-19)15-7-10-21(30-27(38)41-28(2,3)4)26(37)33-16-8-11-22(33)24(29)35/h5-6,9,18-22H,1,7-8,10-17H2,2-4H3,(H2,29,35)(H,30,38)(H,31,36)/b9-6-/t18-,20+,21+,22?/m1/s1. The van der Waals surface area contributed by atoms with Crippen LogP contribution in [-0.2, 0) is 33.9 Å². The molecular weight excluding hydrogens is 566 g/mol. The van der Waals surface area contributed by atoms with Gasteiger partial charge in [0.15, 0.2) is 0 Å². The largest absolute Gasteiger partial charge is 0.444 e. The van der Waals surface area contributed by atoms with Crippen LogP contribution in [0.4, 0.5) is 4.79 Å². The number of carbonyl (C=O) groups excluding carboxylic acids is 5. The van der Waals surface area contributed by atoms with Crippen LogP contribution < -0.4 is 15.8 Å². The molecule has 1 saturated heterocycles. The number of nitrogens with two attached hydrogens (primary N) is 1. The molecule has 0 spiro atoms. The van der Waals surface area contributed by atoms with E-state index >= 15 is 0 Å². The van der Waals surface area contributed by atoms with E-state index in [4.69, 9.17) is 10.5 Å². The van der Waals surface area contributed by atoms with Gasteiger partial charge in [-0.15, -0.1) is 0 Å². The van der Waals surface area contributed by atoms with Crippen molar-refractivity contribution in [3.8, 4) is 0 Å². The van der Waals surface area contributed by atoms with Gasteiger partial charge >= 0.3 is 6.09 Å². The van der Waals surface area contributed by atoms with E-state index in [0.717, 1.165) is 0 Å². The quantitative estimate of drug-likeness (QED) is 0.192. The maximum Gasteiger partial charge on any atom is 0.408 e. The smallest absolute Gasteiger partial charge is 0.408 e. The van der Waals surface area contributed by atoms with Crippen LogP contribution in [0.3, 0.4) is 0 Å². The first-order valence-electron chi connectivity index (χ1n) is 14.4. The zero-order valence-corrected chi connectivity index (χ0v) is 25.4. The number of likely N-dealkylation sites (tertiary alicyclic amines) is 1. The number of nitrogens with zero attached hydrogens (tertiary/aromatic N) is 2. The maximum absolute atomic E-state index is 13.4. The molecule has 1 unspecified atom stereocenters. The Hall–Kier alpha value is -3.42. The van der Waals surface area contributed by atoms with E-state index in [1.807, 2.05) is 0 Å². The molecule has 0 bridgehead atoms. The highest BCUT2D eigenvalue weighted by Crippen LogP contribution is 2.40. The Bertz CT molecular complexity index is 1210. The number of nitrogens with one attached hydrogen (secondary N) is 2. The van der Waals surface area contributed by atoms with E-state index < -0.39 is 62.7 Å². The van der Waals surface area contributed by atoms with E-state index in [9.17, 15) is 32.4 Å². The monoisotopic (exact) mass is 609 g/mol. The maximum atomic E-state index is 13.4. The van der Waals surface area contributed by atoms with Crippen molar-refractivity contribution >= 4 is 39.7 Å². The number of primary amides is 1. The summed E-state index contributed by atoms with van der Waals surface area (Å²) in [5.74, 6) is -2.41. The fraction of sp³-hybridized carbons (Fsp3) is 0.679. The molecule has 2 aliphatic carbocycles. The summed E-state index contributed by atoms with van der Waals surface area (Å²) in [6.45, 7) is 9.44. The summed E-state index contributed by atoms with van der Waals surface area (Å²) in [4.78, 5) is 65.4. The molecule has 5 amide bonds. The fourth-order valence-corrected chi connectivity index (χ4v) is 6.26. The van der Waals surface area contributed by atoms with Crippen LogP contribution in [0.15, 0.2) is 24.8 Å². The molecule has 0 radical (unpaired) electrons. The molecule has 2 saturated carbocycles. The lowest BCUT2D eigenvalue weighted by Gasteiger charge is -2.29. The highest BCUT2D eigenvalue weighted by molar-refractivity contribution is 7.90. The van der Waals surface area contributed by atoms with E-state index in [1.54, 1.807) is 32.9 Å². The minimum atomic E-state index is -3.59. The average molecular weight is 610 g/mol. The van der Waals surface area contributed by atoms with Crippen molar-refractivity contribution in [2.24, 2.45) is 17.6 Å².